The van der Waals surface area contributed by atoms with Gasteiger partial charge in [0.05, 0.1) is 14.5 Å². The fourth-order valence-electron chi connectivity index (χ4n) is 0.714. The highest BCUT2D eigenvalue weighted by atomic mass is 79.9. The summed E-state index contributed by atoms with van der Waals surface area (Å²) in [6.07, 6.45) is 0. The van der Waals surface area contributed by atoms with Gasteiger partial charge in [0.1, 0.15) is 0 Å². The van der Waals surface area contributed by atoms with E-state index >= 15 is 0 Å². The summed E-state index contributed by atoms with van der Waals surface area (Å²) in [6, 6.07) is 3.82. The largest absolute Gasteiger partial charge is 0.306 e. The number of hydrogen-bond donors (Lipinski definition) is 1. The van der Waals surface area contributed by atoms with Crippen LogP contribution in [0.4, 0.5) is 5.00 Å². The molecule has 0 saturated carbocycles. The van der Waals surface area contributed by atoms with Crippen molar-refractivity contribution in [1.29, 1.82) is 0 Å². The summed E-state index contributed by atoms with van der Waals surface area (Å²) in [5.74, 6) is 0.249. The van der Waals surface area contributed by atoms with Crippen LogP contribution in [0.3, 0.4) is 0 Å². The van der Waals surface area contributed by atoms with Crippen LogP contribution in [0.2, 0.25) is 0 Å². The first-order valence-electron chi connectivity index (χ1n) is 3.28. The number of halogens is 1. The quantitative estimate of drug-likeness (QED) is 0.815. The second kappa shape index (κ2) is 4.30. The third kappa shape index (κ3) is 2.24. The van der Waals surface area contributed by atoms with Gasteiger partial charge in [-0.15, -0.1) is 11.3 Å². The number of nitrogens with zero attached hydrogens (tertiary/aromatic N) is 1. The average molecular weight is 266 g/mol. The first kappa shape index (κ1) is 10.1. The summed E-state index contributed by atoms with van der Waals surface area (Å²) in [5, 5.41) is 0.931. The van der Waals surface area contributed by atoms with Crippen molar-refractivity contribution in [3.63, 3.8) is 0 Å². The highest BCUT2D eigenvalue weighted by Gasteiger charge is 2.10. The SMILES string of the molecule is CN(C(=O)CS)c1ccc(Br)s1. The maximum Gasteiger partial charge on any atom is 0.237 e. The predicted octanol–water partition coefficient (Wildman–Crippen LogP) is 2.40. The smallest absolute Gasteiger partial charge is 0.237 e. The van der Waals surface area contributed by atoms with E-state index in [0.29, 0.717) is 0 Å². The minimum atomic E-state index is 0.00711. The van der Waals surface area contributed by atoms with Crippen LogP contribution in [0.5, 0.6) is 0 Å². The second-order valence-electron chi connectivity index (χ2n) is 2.19. The van der Waals surface area contributed by atoms with Crippen molar-refractivity contribution in [2.24, 2.45) is 0 Å². The molecule has 0 atom stereocenters. The van der Waals surface area contributed by atoms with Crippen LogP contribution in [-0.2, 0) is 4.79 Å². The molecule has 0 bridgehead atoms. The number of thiophene rings is 1. The molecular formula is C7H8BrNOS2. The van der Waals surface area contributed by atoms with Crippen LogP contribution in [-0.4, -0.2) is 18.7 Å². The second-order valence-corrected chi connectivity index (χ2v) is 4.95. The fourth-order valence-corrected chi connectivity index (χ4v) is 2.27. The summed E-state index contributed by atoms with van der Waals surface area (Å²) in [5.41, 5.74) is 0. The standard InChI is InChI=1S/C7H8BrNOS2/c1-9(6(10)4-11)7-3-2-5(8)12-7/h2-3,11H,4H2,1H3. The Bertz CT molecular complexity index is 287. The van der Waals surface area contributed by atoms with Gasteiger partial charge in [-0.05, 0) is 28.1 Å². The van der Waals surface area contributed by atoms with Gasteiger partial charge in [-0.2, -0.15) is 12.6 Å². The molecule has 0 fully saturated rings. The number of anilines is 1. The Morgan fingerprint density at radius 2 is 2.42 bits per heavy atom. The molecule has 0 saturated heterocycles. The first-order valence-corrected chi connectivity index (χ1v) is 5.52. The Morgan fingerprint density at radius 3 is 2.83 bits per heavy atom. The van der Waals surface area contributed by atoms with Crippen molar-refractivity contribution in [1.82, 2.24) is 0 Å². The van der Waals surface area contributed by atoms with Gasteiger partial charge in [0.25, 0.3) is 0 Å². The van der Waals surface area contributed by atoms with E-state index in [2.05, 4.69) is 28.6 Å². The van der Waals surface area contributed by atoms with Gasteiger partial charge in [0.15, 0.2) is 0 Å². The lowest BCUT2D eigenvalue weighted by molar-refractivity contribution is -0.115. The van der Waals surface area contributed by atoms with Crippen molar-refractivity contribution in [3.8, 4) is 0 Å². The maximum absolute atomic E-state index is 11.2. The van der Waals surface area contributed by atoms with E-state index in [1.165, 1.54) is 11.3 Å². The molecule has 2 nitrogen and oxygen atoms in total. The minimum absolute atomic E-state index is 0.00711. The number of rotatable bonds is 2. The number of amides is 1. The van der Waals surface area contributed by atoms with Crippen LogP contribution in [0, 0.1) is 0 Å². The average Bonchev–Trinajstić information content (AvgIpc) is 2.49. The molecule has 66 valence electrons. The van der Waals surface area contributed by atoms with Crippen molar-refractivity contribution < 1.29 is 4.79 Å². The number of thiol groups is 1. The lowest BCUT2D eigenvalue weighted by Gasteiger charge is -2.12. The van der Waals surface area contributed by atoms with Crippen LogP contribution < -0.4 is 4.90 Å². The molecule has 0 aliphatic carbocycles. The molecule has 1 aromatic heterocycles. The molecule has 1 rings (SSSR count). The first-order chi connectivity index (χ1) is 5.65. The topological polar surface area (TPSA) is 20.3 Å². The Balaban J connectivity index is 2.77. The van der Waals surface area contributed by atoms with E-state index in [1.54, 1.807) is 11.9 Å². The molecule has 0 N–H and O–H groups in total. The van der Waals surface area contributed by atoms with Gasteiger partial charge in [0.2, 0.25) is 5.91 Å². The molecule has 0 radical (unpaired) electrons. The predicted molar refractivity (Wildman–Crippen MR) is 59.3 cm³/mol. The molecular weight excluding hydrogens is 258 g/mol. The van der Waals surface area contributed by atoms with E-state index < -0.39 is 0 Å². The molecule has 5 heteroatoms. The monoisotopic (exact) mass is 265 g/mol. The summed E-state index contributed by atoms with van der Waals surface area (Å²) in [4.78, 5) is 12.8. The zero-order valence-electron chi connectivity index (χ0n) is 6.45. The zero-order chi connectivity index (χ0) is 9.14. The molecule has 0 aliphatic heterocycles. The van der Waals surface area contributed by atoms with Crippen LogP contribution in [0.15, 0.2) is 15.9 Å². The van der Waals surface area contributed by atoms with Gasteiger partial charge in [0, 0.05) is 7.05 Å². The van der Waals surface area contributed by atoms with Crippen LogP contribution in [0.1, 0.15) is 0 Å². The number of carbonyl (C=O) groups excluding carboxylic acids is 1. The molecule has 0 aliphatic rings. The Morgan fingerprint density at radius 1 is 1.75 bits per heavy atom. The van der Waals surface area contributed by atoms with E-state index in [4.69, 9.17) is 0 Å². The fraction of sp³-hybridized carbons (Fsp3) is 0.286. The summed E-state index contributed by atoms with van der Waals surface area (Å²) in [6.45, 7) is 0. The third-order valence-corrected chi connectivity index (χ3v) is 3.37. The highest BCUT2D eigenvalue weighted by Crippen LogP contribution is 2.29. The molecule has 0 unspecified atom stereocenters. The maximum atomic E-state index is 11.2. The molecule has 0 aromatic carbocycles. The lowest BCUT2D eigenvalue weighted by Crippen LogP contribution is -2.26. The molecule has 0 spiro atoms. The van der Waals surface area contributed by atoms with Crippen molar-refractivity contribution in [2.75, 3.05) is 17.7 Å². The Kier molecular flexibility index (Phi) is 3.61. The van der Waals surface area contributed by atoms with Crippen LogP contribution >= 0.6 is 39.9 Å². The molecule has 12 heavy (non-hydrogen) atoms. The van der Waals surface area contributed by atoms with E-state index in [0.717, 1.165) is 8.79 Å². The zero-order valence-corrected chi connectivity index (χ0v) is 9.75. The van der Waals surface area contributed by atoms with Gasteiger partial charge in [-0.1, -0.05) is 0 Å². The Labute approximate surface area is 89.1 Å². The molecule has 1 heterocycles. The lowest BCUT2D eigenvalue weighted by atomic mass is 10.5. The summed E-state index contributed by atoms with van der Waals surface area (Å²) in [7, 11) is 1.75. The molecule has 1 amide bonds. The normalized spacial score (nSPS) is 9.92. The third-order valence-electron chi connectivity index (χ3n) is 1.40. The van der Waals surface area contributed by atoms with E-state index in [-0.39, 0.29) is 11.7 Å². The summed E-state index contributed by atoms with van der Waals surface area (Å²) < 4.78 is 1.02. The van der Waals surface area contributed by atoms with Crippen molar-refractivity contribution in [2.45, 2.75) is 0 Å². The van der Waals surface area contributed by atoms with Gasteiger partial charge in [-0.25, -0.2) is 0 Å². The number of carbonyl (C=O) groups is 1. The summed E-state index contributed by atoms with van der Waals surface area (Å²) >= 11 is 8.77. The minimum Gasteiger partial charge on any atom is -0.306 e. The Hall–Kier alpha value is -0.0000000000000000833. The van der Waals surface area contributed by atoms with E-state index in [9.17, 15) is 4.79 Å². The van der Waals surface area contributed by atoms with Gasteiger partial charge >= 0.3 is 0 Å². The van der Waals surface area contributed by atoms with Gasteiger partial charge in [-0.3, -0.25) is 4.79 Å². The highest BCUT2D eigenvalue weighted by molar-refractivity contribution is 9.11. The van der Waals surface area contributed by atoms with E-state index in [1.807, 2.05) is 12.1 Å². The molecule has 1 aromatic rings. The van der Waals surface area contributed by atoms with Crippen LogP contribution in [0.25, 0.3) is 0 Å². The van der Waals surface area contributed by atoms with Crippen molar-refractivity contribution >= 4 is 50.8 Å². The number of hydrogen-bond acceptors (Lipinski definition) is 3. The van der Waals surface area contributed by atoms with Crippen molar-refractivity contribution in [3.05, 3.63) is 15.9 Å². The van der Waals surface area contributed by atoms with Gasteiger partial charge < -0.3 is 4.90 Å².